The molecule has 0 atom stereocenters. The van der Waals surface area contributed by atoms with Crippen molar-refractivity contribution in [3.05, 3.63) is 34.6 Å². The minimum absolute atomic E-state index is 0.559. The second-order valence-electron chi connectivity index (χ2n) is 6.53. The molecular weight excluding hydrogens is 304 g/mol. The molecule has 3 aromatic rings. The van der Waals surface area contributed by atoms with Crippen LogP contribution in [0.15, 0.2) is 16.7 Å². The van der Waals surface area contributed by atoms with E-state index in [4.69, 9.17) is 9.26 Å². The lowest BCUT2D eigenvalue weighted by Crippen LogP contribution is -2.35. The van der Waals surface area contributed by atoms with E-state index in [9.17, 15) is 0 Å². The van der Waals surface area contributed by atoms with Crippen molar-refractivity contribution in [3.8, 4) is 11.6 Å². The number of rotatable bonds is 3. The number of hydrogen-bond acceptors (Lipinski definition) is 5. The van der Waals surface area contributed by atoms with Gasteiger partial charge in [-0.2, -0.15) is 4.98 Å². The molecule has 1 aromatic carbocycles. The monoisotopic (exact) mass is 326 g/mol. The maximum atomic E-state index is 5.52. The molecule has 6 heteroatoms. The molecule has 0 amide bonds. The highest BCUT2D eigenvalue weighted by Crippen LogP contribution is 2.31. The van der Waals surface area contributed by atoms with Gasteiger partial charge in [-0.3, -0.25) is 4.90 Å². The molecule has 0 bridgehead atoms. The van der Waals surface area contributed by atoms with E-state index in [1.165, 1.54) is 16.5 Å². The van der Waals surface area contributed by atoms with Crippen LogP contribution in [0, 0.1) is 20.8 Å². The summed E-state index contributed by atoms with van der Waals surface area (Å²) in [4.78, 5) is 10.3. The summed E-state index contributed by atoms with van der Waals surface area (Å²) in [5.74, 6) is 1.28. The molecule has 0 saturated carbocycles. The first-order valence-corrected chi connectivity index (χ1v) is 8.34. The minimum atomic E-state index is 0.559. The van der Waals surface area contributed by atoms with Gasteiger partial charge in [-0.15, -0.1) is 0 Å². The van der Waals surface area contributed by atoms with Crippen molar-refractivity contribution < 1.29 is 9.26 Å². The third-order valence-corrected chi connectivity index (χ3v) is 4.66. The van der Waals surface area contributed by atoms with Crippen molar-refractivity contribution in [1.82, 2.24) is 20.0 Å². The standard InChI is InChI=1S/C18H22N4O2/c1-11-8-12(2)16-14(9-11)13(3)17(20-16)18-19-15(21-24-18)10-22-4-6-23-7-5-22/h8-9,20H,4-7,10H2,1-3H3. The van der Waals surface area contributed by atoms with Crippen LogP contribution in [0.3, 0.4) is 0 Å². The lowest BCUT2D eigenvalue weighted by molar-refractivity contribution is 0.0327. The van der Waals surface area contributed by atoms with Crippen LogP contribution < -0.4 is 0 Å². The fraction of sp³-hybridized carbons (Fsp3) is 0.444. The quantitative estimate of drug-likeness (QED) is 0.801. The van der Waals surface area contributed by atoms with E-state index in [2.05, 4.69) is 52.9 Å². The van der Waals surface area contributed by atoms with Gasteiger partial charge >= 0.3 is 0 Å². The van der Waals surface area contributed by atoms with Crippen molar-refractivity contribution >= 4 is 10.9 Å². The summed E-state index contributed by atoms with van der Waals surface area (Å²) in [5.41, 5.74) is 5.69. The van der Waals surface area contributed by atoms with E-state index in [1.807, 2.05) is 0 Å². The highest BCUT2D eigenvalue weighted by Gasteiger charge is 2.19. The molecule has 24 heavy (non-hydrogen) atoms. The fourth-order valence-corrected chi connectivity index (χ4v) is 3.38. The van der Waals surface area contributed by atoms with Crippen LogP contribution in [0.2, 0.25) is 0 Å². The number of morpholine rings is 1. The van der Waals surface area contributed by atoms with Gasteiger partial charge in [0.05, 0.1) is 19.8 Å². The van der Waals surface area contributed by atoms with Gasteiger partial charge in [0.2, 0.25) is 0 Å². The third kappa shape index (κ3) is 2.72. The van der Waals surface area contributed by atoms with Crippen LogP contribution in [0.4, 0.5) is 0 Å². The van der Waals surface area contributed by atoms with E-state index in [1.54, 1.807) is 0 Å². The number of nitrogens with zero attached hydrogens (tertiary/aromatic N) is 3. The highest BCUT2D eigenvalue weighted by molar-refractivity contribution is 5.91. The predicted octanol–water partition coefficient (Wildman–Crippen LogP) is 2.98. The second-order valence-corrected chi connectivity index (χ2v) is 6.53. The van der Waals surface area contributed by atoms with E-state index in [-0.39, 0.29) is 0 Å². The number of aromatic nitrogens is 3. The molecule has 1 aliphatic rings. The van der Waals surface area contributed by atoms with Crippen LogP contribution in [0.25, 0.3) is 22.5 Å². The molecule has 126 valence electrons. The number of hydrogen-bond donors (Lipinski definition) is 1. The van der Waals surface area contributed by atoms with E-state index in [0.29, 0.717) is 12.4 Å². The van der Waals surface area contributed by atoms with Crippen molar-refractivity contribution in [3.63, 3.8) is 0 Å². The molecule has 6 nitrogen and oxygen atoms in total. The summed E-state index contributed by atoms with van der Waals surface area (Å²) in [6.07, 6.45) is 0. The van der Waals surface area contributed by atoms with Crippen LogP contribution in [0.1, 0.15) is 22.5 Å². The van der Waals surface area contributed by atoms with Gasteiger partial charge in [0.25, 0.3) is 5.89 Å². The summed E-state index contributed by atoms with van der Waals surface area (Å²) >= 11 is 0. The first-order chi connectivity index (χ1) is 11.6. The summed E-state index contributed by atoms with van der Waals surface area (Å²) in [5, 5.41) is 5.37. The first-order valence-electron chi connectivity index (χ1n) is 8.34. The molecular formula is C18H22N4O2. The van der Waals surface area contributed by atoms with Crippen molar-refractivity contribution in [2.75, 3.05) is 26.3 Å². The number of nitrogens with one attached hydrogen (secondary N) is 1. The average Bonchev–Trinajstić information content (AvgIpc) is 3.14. The van der Waals surface area contributed by atoms with Crippen LogP contribution in [-0.4, -0.2) is 46.3 Å². The van der Waals surface area contributed by atoms with Crippen LogP contribution in [-0.2, 0) is 11.3 Å². The number of ether oxygens (including phenoxy) is 1. The predicted molar refractivity (Wildman–Crippen MR) is 91.9 cm³/mol. The Morgan fingerprint density at radius 3 is 2.75 bits per heavy atom. The topological polar surface area (TPSA) is 67.2 Å². The number of aromatic amines is 1. The highest BCUT2D eigenvalue weighted by atomic mass is 16.5. The fourth-order valence-electron chi connectivity index (χ4n) is 3.38. The van der Waals surface area contributed by atoms with Gasteiger partial charge in [-0.1, -0.05) is 16.8 Å². The molecule has 3 heterocycles. The Morgan fingerprint density at radius 2 is 1.96 bits per heavy atom. The zero-order valence-electron chi connectivity index (χ0n) is 14.3. The van der Waals surface area contributed by atoms with Gasteiger partial charge in [-0.25, -0.2) is 0 Å². The Kier molecular flexibility index (Phi) is 3.86. The molecule has 0 aliphatic carbocycles. The second kappa shape index (κ2) is 6.03. The third-order valence-electron chi connectivity index (χ3n) is 4.66. The molecule has 0 radical (unpaired) electrons. The minimum Gasteiger partial charge on any atom is -0.379 e. The number of H-pyrrole nitrogens is 1. The smallest absolute Gasteiger partial charge is 0.274 e. The van der Waals surface area contributed by atoms with Gasteiger partial charge in [0, 0.05) is 24.0 Å². The maximum Gasteiger partial charge on any atom is 0.274 e. The average molecular weight is 326 g/mol. The van der Waals surface area contributed by atoms with Gasteiger partial charge in [-0.05, 0) is 38.0 Å². The Hall–Kier alpha value is -2.18. The Morgan fingerprint density at radius 1 is 1.17 bits per heavy atom. The Bertz CT molecular complexity index is 875. The molecule has 1 fully saturated rings. The molecule has 0 unspecified atom stereocenters. The number of benzene rings is 1. The van der Waals surface area contributed by atoms with Crippen LogP contribution >= 0.6 is 0 Å². The summed E-state index contributed by atoms with van der Waals surface area (Å²) < 4.78 is 10.9. The normalized spacial score (nSPS) is 16.1. The largest absolute Gasteiger partial charge is 0.379 e. The Balaban J connectivity index is 1.65. The summed E-state index contributed by atoms with van der Waals surface area (Å²) in [6.45, 7) is 10.4. The molecule has 1 saturated heterocycles. The molecule has 0 spiro atoms. The van der Waals surface area contributed by atoms with Crippen molar-refractivity contribution in [2.45, 2.75) is 27.3 Å². The van der Waals surface area contributed by atoms with Gasteiger partial charge in [0.1, 0.15) is 5.69 Å². The van der Waals surface area contributed by atoms with Gasteiger partial charge in [0.15, 0.2) is 5.82 Å². The molecule has 1 N–H and O–H groups in total. The zero-order valence-corrected chi connectivity index (χ0v) is 14.3. The lowest BCUT2D eigenvalue weighted by Gasteiger charge is -2.24. The summed E-state index contributed by atoms with van der Waals surface area (Å²) in [7, 11) is 0. The van der Waals surface area contributed by atoms with Crippen molar-refractivity contribution in [2.24, 2.45) is 0 Å². The lowest BCUT2D eigenvalue weighted by atomic mass is 10.1. The number of fused-ring (bicyclic) bond motifs is 1. The SMILES string of the molecule is Cc1cc(C)c2[nH]c(-c3nc(CN4CCOCC4)no3)c(C)c2c1. The van der Waals surface area contributed by atoms with Crippen molar-refractivity contribution in [1.29, 1.82) is 0 Å². The molecule has 2 aromatic heterocycles. The maximum absolute atomic E-state index is 5.52. The first kappa shape index (κ1) is 15.4. The molecule has 4 rings (SSSR count). The summed E-state index contributed by atoms with van der Waals surface area (Å²) in [6, 6.07) is 4.38. The number of aryl methyl sites for hydroxylation is 3. The van der Waals surface area contributed by atoms with Gasteiger partial charge < -0.3 is 14.2 Å². The molecule has 1 aliphatic heterocycles. The zero-order chi connectivity index (χ0) is 16.7. The van der Waals surface area contributed by atoms with E-state index in [0.717, 1.165) is 48.9 Å². The van der Waals surface area contributed by atoms with Crippen LogP contribution in [0.5, 0.6) is 0 Å². The van der Waals surface area contributed by atoms with E-state index >= 15 is 0 Å². The Labute approximate surface area is 140 Å². The van der Waals surface area contributed by atoms with E-state index < -0.39 is 0 Å².